The van der Waals surface area contributed by atoms with Crippen molar-refractivity contribution in [2.45, 2.75) is 25.8 Å². The molecular weight excluding hydrogens is 304 g/mol. The van der Waals surface area contributed by atoms with Gasteiger partial charge in [0, 0.05) is 23.2 Å². The molecular formula is C15H13BrN2O. The van der Waals surface area contributed by atoms with Crippen LogP contribution in [0.5, 0.6) is 0 Å². The number of fused-ring (bicyclic) bond motifs is 2. The number of hydrogen-bond donors (Lipinski definition) is 0. The van der Waals surface area contributed by atoms with Crippen LogP contribution in [0.2, 0.25) is 0 Å². The van der Waals surface area contributed by atoms with Crippen molar-refractivity contribution in [3.63, 3.8) is 0 Å². The molecule has 0 N–H and O–H groups in total. The van der Waals surface area contributed by atoms with Gasteiger partial charge in [0.2, 0.25) is 0 Å². The number of imidazole rings is 1. The predicted molar refractivity (Wildman–Crippen MR) is 78.1 cm³/mol. The maximum atomic E-state index is 5.64. The second kappa shape index (κ2) is 4.23. The molecule has 2 aromatic heterocycles. The lowest BCUT2D eigenvalue weighted by Crippen LogP contribution is -2.10. The van der Waals surface area contributed by atoms with Gasteiger partial charge in [-0.25, -0.2) is 4.98 Å². The number of hydrogen-bond acceptors (Lipinski definition) is 2. The van der Waals surface area contributed by atoms with Crippen molar-refractivity contribution in [3.05, 3.63) is 41.0 Å². The lowest BCUT2D eigenvalue weighted by molar-refractivity contribution is 0.525. The van der Waals surface area contributed by atoms with Crippen molar-refractivity contribution in [2.24, 2.45) is 0 Å². The molecule has 1 aromatic carbocycles. The minimum atomic E-state index is 0.922. The molecule has 1 aliphatic rings. The second-order valence-corrected chi connectivity index (χ2v) is 5.64. The fourth-order valence-electron chi connectivity index (χ4n) is 2.88. The summed E-state index contributed by atoms with van der Waals surface area (Å²) in [4.78, 5) is 4.70. The molecule has 0 amide bonds. The predicted octanol–water partition coefficient (Wildman–Crippen LogP) is 4.40. The van der Waals surface area contributed by atoms with Crippen LogP contribution in [-0.4, -0.2) is 9.55 Å². The average Bonchev–Trinajstić information content (AvgIpc) is 3.01. The van der Waals surface area contributed by atoms with Crippen molar-refractivity contribution in [1.29, 1.82) is 0 Å². The molecule has 0 unspecified atom stereocenters. The molecule has 0 saturated heterocycles. The molecule has 0 atom stereocenters. The normalized spacial score (nSPS) is 14.8. The van der Waals surface area contributed by atoms with Crippen LogP contribution in [0.25, 0.3) is 22.2 Å². The Labute approximate surface area is 119 Å². The Balaban J connectivity index is 1.97. The molecule has 3 heterocycles. The van der Waals surface area contributed by atoms with Crippen molar-refractivity contribution >= 4 is 26.9 Å². The van der Waals surface area contributed by atoms with E-state index in [1.165, 1.54) is 18.5 Å². The average molecular weight is 317 g/mol. The van der Waals surface area contributed by atoms with E-state index >= 15 is 0 Å². The van der Waals surface area contributed by atoms with E-state index in [2.05, 4.69) is 26.6 Å². The topological polar surface area (TPSA) is 31.0 Å². The second-order valence-electron chi connectivity index (χ2n) is 4.93. The molecule has 3 aromatic rings. The molecule has 0 fully saturated rings. The van der Waals surface area contributed by atoms with Gasteiger partial charge in [0.15, 0.2) is 4.73 Å². The van der Waals surface area contributed by atoms with Crippen LogP contribution < -0.4 is 0 Å². The van der Waals surface area contributed by atoms with Crippen LogP contribution >= 0.6 is 15.9 Å². The zero-order valence-electron chi connectivity index (χ0n) is 10.4. The molecule has 0 spiro atoms. The minimum absolute atomic E-state index is 0.922. The molecule has 19 heavy (non-hydrogen) atoms. The van der Waals surface area contributed by atoms with Gasteiger partial charge >= 0.3 is 0 Å². The summed E-state index contributed by atoms with van der Waals surface area (Å²) in [6.45, 7) is 1.05. The molecule has 0 saturated carbocycles. The summed E-state index contributed by atoms with van der Waals surface area (Å²) < 4.78 is 8.85. The fraction of sp³-hybridized carbons (Fsp3) is 0.267. The van der Waals surface area contributed by atoms with Crippen LogP contribution in [-0.2, 0) is 13.0 Å². The van der Waals surface area contributed by atoms with E-state index in [9.17, 15) is 0 Å². The SMILES string of the molecule is Brc1nc(-c2coc3ccccc23)c2n1CCCC2. The van der Waals surface area contributed by atoms with Crippen molar-refractivity contribution in [1.82, 2.24) is 9.55 Å². The summed E-state index contributed by atoms with van der Waals surface area (Å²) in [5.41, 5.74) is 4.42. The van der Waals surface area contributed by atoms with Gasteiger partial charge in [0.05, 0.1) is 5.69 Å². The van der Waals surface area contributed by atoms with Gasteiger partial charge in [0.1, 0.15) is 11.8 Å². The maximum Gasteiger partial charge on any atom is 0.177 e. The zero-order valence-corrected chi connectivity index (χ0v) is 12.0. The van der Waals surface area contributed by atoms with E-state index < -0.39 is 0 Å². The first kappa shape index (κ1) is 11.3. The maximum absolute atomic E-state index is 5.64. The van der Waals surface area contributed by atoms with Crippen molar-refractivity contribution < 1.29 is 4.42 Å². The summed E-state index contributed by atoms with van der Waals surface area (Å²) in [5.74, 6) is 0. The minimum Gasteiger partial charge on any atom is -0.464 e. The lowest BCUT2D eigenvalue weighted by atomic mass is 10.0. The van der Waals surface area contributed by atoms with E-state index in [4.69, 9.17) is 9.40 Å². The first-order valence-electron chi connectivity index (χ1n) is 6.56. The van der Waals surface area contributed by atoms with Gasteiger partial charge in [-0.15, -0.1) is 0 Å². The van der Waals surface area contributed by atoms with Crippen LogP contribution in [0.4, 0.5) is 0 Å². The van der Waals surface area contributed by atoms with Crippen LogP contribution in [0.15, 0.2) is 39.7 Å². The largest absolute Gasteiger partial charge is 0.464 e. The Morgan fingerprint density at radius 3 is 3.05 bits per heavy atom. The number of furan rings is 1. The summed E-state index contributed by atoms with van der Waals surface area (Å²) in [6, 6.07) is 8.13. The number of rotatable bonds is 1. The number of nitrogens with zero attached hydrogens (tertiary/aromatic N) is 2. The van der Waals surface area contributed by atoms with Gasteiger partial charge in [0.25, 0.3) is 0 Å². The molecule has 3 nitrogen and oxygen atoms in total. The summed E-state index contributed by atoms with van der Waals surface area (Å²) in [7, 11) is 0. The quantitative estimate of drug-likeness (QED) is 0.666. The Hall–Kier alpha value is -1.55. The zero-order chi connectivity index (χ0) is 12.8. The Morgan fingerprint density at radius 1 is 1.21 bits per heavy atom. The highest BCUT2D eigenvalue weighted by Gasteiger charge is 2.22. The first-order chi connectivity index (χ1) is 9.34. The lowest BCUT2D eigenvalue weighted by Gasteiger charge is -2.15. The van der Waals surface area contributed by atoms with Gasteiger partial charge in [-0.1, -0.05) is 18.2 Å². The first-order valence-corrected chi connectivity index (χ1v) is 7.35. The monoisotopic (exact) mass is 316 g/mol. The van der Waals surface area contributed by atoms with Crippen molar-refractivity contribution in [2.75, 3.05) is 0 Å². The third kappa shape index (κ3) is 1.66. The van der Waals surface area contributed by atoms with E-state index in [0.717, 1.165) is 39.9 Å². The smallest absolute Gasteiger partial charge is 0.177 e. The third-order valence-electron chi connectivity index (χ3n) is 3.81. The Kier molecular flexibility index (Phi) is 2.52. The highest BCUT2D eigenvalue weighted by molar-refractivity contribution is 9.10. The van der Waals surface area contributed by atoms with E-state index in [0.29, 0.717) is 0 Å². The van der Waals surface area contributed by atoms with Gasteiger partial charge < -0.3 is 8.98 Å². The molecule has 1 aliphatic heterocycles. The van der Waals surface area contributed by atoms with Crippen LogP contribution in [0, 0.1) is 0 Å². The number of aromatic nitrogens is 2. The third-order valence-corrected chi connectivity index (χ3v) is 4.41. The van der Waals surface area contributed by atoms with E-state index in [-0.39, 0.29) is 0 Å². The number of benzene rings is 1. The van der Waals surface area contributed by atoms with Crippen LogP contribution in [0.3, 0.4) is 0 Å². The molecule has 0 aliphatic carbocycles. The van der Waals surface area contributed by atoms with Crippen molar-refractivity contribution in [3.8, 4) is 11.3 Å². The molecule has 96 valence electrons. The Morgan fingerprint density at radius 2 is 2.11 bits per heavy atom. The van der Waals surface area contributed by atoms with E-state index in [1.54, 1.807) is 0 Å². The summed E-state index contributed by atoms with van der Waals surface area (Å²) in [5, 5.41) is 1.14. The molecule has 4 rings (SSSR count). The highest BCUT2D eigenvalue weighted by atomic mass is 79.9. The summed E-state index contributed by atoms with van der Waals surface area (Å²) in [6.07, 6.45) is 5.39. The molecule has 0 radical (unpaired) electrons. The Bertz CT molecular complexity index is 757. The van der Waals surface area contributed by atoms with Gasteiger partial charge in [-0.05, 0) is 41.3 Å². The number of para-hydroxylation sites is 1. The highest BCUT2D eigenvalue weighted by Crippen LogP contribution is 2.35. The fourth-order valence-corrected chi connectivity index (χ4v) is 3.44. The van der Waals surface area contributed by atoms with Gasteiger partial charge in [-0.2, -0.15) is 0 Å². The van der Waals surface area contributed by atoms with Crippen LogP contribution in [0.1, 0.15) is 18.5 Å². The molecule has 0 bridgehead atoms. The molecule has 4 heteroatoms. The van der Waals surface area contributed by atoms with E-state index in [1.807, 2.05) is 24.5 Å². The standard InChI is InChI=1S/C15H13BrN2O/c16-15-17-14(12-6-3-4-8-18(12)15)11-9-19-13-7-2-1-5-10(11)13/h1-2,5,7,9H,3-4,6,8H2. The number of halogens is 1. The summed E-state index contributed by atoms with van der Waals surface area (Å²) >= 11 is 3.57. The van der Waals surface area contributed by atoms with Gasteiger partial charge in [-0.3, -0.25) is 0 Å².